The number of rotatable bonds is 4. The third kappa shape index (κ3) is 3.70. The first-order chi connectivity index (χ1) is 13.9. The number of piperidine rings is 1. The van der Waals surface area contributed by atoms with Crippen LogP contribution in [0.4, 0.5) is 11.8 Å². The van der Waals surface area contributed by atoms with E-state index in [4.69, 9.17) is 10.5 Å². The summed E-state index contributed by atoms with van der Waals surface area (Å²) in [6.45, 7) is 3.79. The number of nitrogen functional groups attached to an aromatic ring is 1. The van der Waals surface area contributed by atoms with Crippen molar-refractivity contribution in [1.29, 1.82) is 0 Å². The van der Waals surface area contributed by atoms with Gasteiger partial charge >= 0.3 is 0 Å². The van der Waals surface area contributed by atoms with Crippen molar-refractivity contribution in [2.75, 3.05) is 30.8 Å². The van der Waals surface area contributed by atoms with E-state index >= 15 is 0 Å². The summed E-state index contributed by atoms with van der Waals surface area (Å²) in [7, 11) is 3.37. The van der Waals surface area contributed by atoms with Crippen molar-refractivity contribution in [3.63, 3.8) is 0 Å². The first kappa shape index (κ1) is 20.1. The normalized spacial score (nSPS) is 18.4. The maximum Gasteiger partial charge on any atom is 0.270 e. The second-order valence-electron chi connectivity index (χ2n) is 8.23. The lowest BCUT2D eigenvalue weighted by molar-refractivity contribution is 0.225. The zero-order valence-electron chi connectivity index (χ0n) is 17.4. The van der Waals surface area contributed by atoms with Crippen LogP contribution in [0.15, 0.2) is 26.8 Å². The number of nitrogens with zero attached hydrogens (tertiary/aromatic N) is 4. The Kier molecular flexibility index (Phi) is 5.46. The van der Waals surface area contributed by atoms with Crippen molar-refractivity contribution in [1.82, 2.24) is 14.5 Å². The van der Waals surface area contributed by atoms with Crippen molar-refractivity contribution >= 4 is 23.5 Å². The molecule has 2 aromatic rings. The number of aromatic nitrogens is 3. The minimum atomic E-state index is -0.117. The number of nitrogens with two attached hydrogens (primary N) is 1. The van der Waals surface area contributed by atoms with Gasteiger partial charge in [0.15, 0.2) is 0 Å². The molecule has 1 saturated carbocycles. The van der Waals surface area contributed by atoms with Crippen molar-refractivity contribution < 1.29 is 4.74 Å². The molecule has 1 saturated heterocycles. The summed E-state index contributed by atoms with van der Waals surface area (Å²) in [5, 5.41) is 0. The molecule has 1 aliphatic heterocycles. The fourth-order valence-corrected chi connectivity index (χ4v) is 5.66. The second-order valence-corrected chi connectivity index (χ2v) is 9.28. The number of ether oxygens (including phenoxy) is 1. The molecule has 3 heterocycles. The van der Waals surface area contributed by atoms with E-state index in [1.165, 1.54) is 50.3 Å². The van der Waals surface area contributed by atoms with Gasteiger partial charge in [-0.05, 0) is 44.1 Å². The van der Waals surface area contributed by atoms with Crippen LogP contribution < -0.4 is 20.9 Å². The van der Waals surface area contributed by atoms with Gasteiger partial charge in [0.05, 0.1) is 7.11 Å². The maximum atomic E-state index is 13.1. The Bertz CT molecular complexity index is 958. The minimum absolute atomic E-state index is 0.117. The van der Waals surface area contributed by atoms with E-state index in [9.17, 15) is 4.79 Å². The van der Waals surface area contributed by atoms with Crippen LogP contribution in [0, 0.1) is 12.3 Å². The van der Waals surface area contributed by atoms with E-state index < -0.39 is 0 Å². The predicted octanol–water partition coefficient (Wildman–Crippen LogP) is 3.39. The molecule has 8 heteroatoms. The lowest BCUT2D eigenvalue weighted by atomic mass is 9.77. The molecule has 29 heavy (non-hydrogen) atoms. The Labute approximate surface area is 175 Å². The summed E-state index contributed by atoms with van der Waals surface area (Å²) in [6, 6.07) is 1.86. The van der Waals surface area contributed by atoms with Gasteiger partial charge in [0.2, 0.25) is 11.8 Å². The van der Waals surface area contributed by atoms with Crippen LogP contribution in [0.2, 0.25) is 0 Å². The van der Waals surface area contributed by atoms with E-state index in [0.717, 1.165) is 23.5 Å². The van der Waals surface area contributed by atoms with Gasteiger partial charge in [0.1, 0.15) is 10.7 Å². The van der Waals surface area contributed by atoms with E-state index in [0.29, 0.717) is 22.1 Å². The van der Waals surface area contributed by atoms with Gasteiger partial charge in [-0.25, -0.2) is 4.98 Å². The Morgan fingerprint density at radius 1 is 1.21 bits per heavy atom. The number of hydrogen-bond acceptors (Lipinski definition) is 7. The Hall–Kier alpha value is -2.22. The highest BCUT2D eigenvalue weighted by Crippen LogP contribution is 2.46. The molecule has 1 spiro atoms. The number of anilines is 2. The second kappa shape index (κ2) is 7.89. The molecule has 1 aliphatic carbocycles. The van der Waals surface area contributed by atoms with Crippen LogP contribution in [-0.2, 0) is 7.05 Å². The highest BCUT2D eigenvalue weighted by molar-refractivity contribution is 7.99. The molecule has 0 amide bonds. The molecule has 0 radical (unpaired) electrons. The summed E-state index contributed by atoms with van der Waals surface area (Å²) in [4.78, 5) is 25.5. The fraction of sp³-hybridized carbons (Fsp3) is 0.571. The predicted molar refractivity (Wildman–Crippen MR) is 116 cm³/mol. The summed E-state index contributed by atoms with van der Waals surface area (Å²) >= 11 is 1.32. The summed E-state index contributed by atoms with van der Waals surface area (Å²) in [5.74, 6) is 1.50. The average Bonchev–Trinajstić information content (AvgIpc) is 3.18. The van der Waals surface area contributed by atoms with E-state index in [2.05, 4.69) is 14.9 Å². The topological polar surface area (TPSA) is 86.3 Å². The highest BCUT2D eigenvalue weighted by atomic mass is 32.2. The third-order valence-corrected chi connectivity index (χ3v) is 7.79. The molecule has 2 N–H and O–H groups in total. The van der Waals surface area contributed by atoms with Gasteiger partial charge in [0, 0.05) is 36.8 Å². The Morgan fingerprint density at radius 2 is 1.90 bits per heavy atom. The van der Waals surface area contributed by atoms with Crippen molar-refractivity contribution in [2.45, 2.75) is 55.2 Å². The van der Waals surface area contributed by atoms with Gasteiger partial charge in [-0.3, -0.25) is 9.36 Å². The molecule has 156 valence electrons. The summed E-state index contributed by atoms with van der Waals surface area (Å²) in [5.41, 5.74) is 7.55. The van der Waals surface area contributed by atoms with E-state index in [1.54, 1.807) is 24.9 Å². The molecule has 0 aromatic carbocycles. The minimum Gasteiger partial charge on any atom is -0.481 e. The lowest BCUT2D eigenvalue weighted by Crippen LogP contribution is -2.42. The van der Waals surface area contributed by atoms with E-state index in [1.807, 2.05) is 13.0 Å². The van der Waals surface area contributed by atoms with Gasteiger partial charge in [-0.15, -0.1) is 0 Å². The number of hydrogen-bond donors (Lipinski definition) is 1. The molecular formula is C21H29N5O2S. The molecule has 4 rings (SSSR count). The van der Waals surface area contributed by atoms with Gasteiger partial charge < -0.3 is 15.4 Å². The first-order valence-corrected chi connectivity index (χ1v) is 11.0. The molecule has 0 atom stereocenters. The number of pyridine rings is 1. The number of methoxy groups -OCH3 is 1. The quantitative estimate of drug-likeness (QED) is 0.819. The van der Waals surface area contributed by atoms with Crippen molar-refractivity contribution in [2.24, 2.45) is 12.5 Å². The largest absolute Gasteiger partial charge is 0.481 e. The van der Waals surface area contributed by atoms with E-state index in [-0.39, 0.29) is 11.4 Å². The molecule has 2 aliphatic rings. The third-order valence-electron chi connectivity index (χ3n) is 6.54. The molecular weight excluding hydrogens is 386 g/mol. The molecule has 0 unspecified atom stereocenters. The van der Waals surface area contributed by atoms with Gasteiger partial charge in [-0.2, -0.15) is 4.98 Å². The van der Waals surface area contributed by atoms with Crippen LogP contribution in [0.1, 0.15) is 44.1 Å². The zero-order valence-corrected chi connectivity index (χ0v) is 18.2. The standard InChI is InChI=1S/C21H29N5O2S/c1-14-15(6-11-23-18(14)28-3)29-16-17(22)24-20(25(2)19(16)27)26-12-9-21(10-13-26)7-4-5-8-21/h6,11H,4-5,7-10,12-13,22H2,1-3H3. The Balaban J connectivity index is 1.59. The zero-order chi connectivity index (χ0) is 20.6. The van der Waals surface area contributed by atoms with Crippen molar-refractivity contribution in [3.05, 3.63) is 28.2 Å². The van der Waals surface area contributed by atoms with Crippen LogP contribution in [-0.4, -0.2) is 34.7 Å². The molecule has 7 nitrogen and oxygen atoms in total. The molecule has 2 fully saturated rings. The van der Waals surface area contributed by atoms with Crippen LogP contribution >= 0.6 is 11.8 Å². The smallest absolute Gasteiger partial charge is 0.270 e. The summed E-state index contributed by atoms with van der Waals surface area (Å²) in [6.07, 6.45) is 9.43. The van der Waals surface area contributed by atoms with Crippen LogP contribution in [0.3, 0.4) is 0 Å². The SMILES string of the molecule is COc1nccc(Sc2c(N)nc(N3CCC4(CCCC4)CC3)n(C)c2=O)c1C. The average molecular weight is 416 g/mol. The fourth-order valence-electron chi connectivity index (χ4n) is 4.70. The lowest BCUT2D eigenvalue weighted by Gasteiger charge is -2.40. The van der Waals surface area contributed by atoms with Crippen LogP contribution in [0.25, 0.3) is 0 Å². The van der Waals surface area contributed by atoms with Gasteiger partial charge in [0.25, 0.3) is 5.56 Å². The Morgan fingerprint density at radius 3 is 2.55 bits per heavy atom. The first-order valence-electron chi connectivity index (χ1n) is 10.2. The van der Waals surface area contributed by atoms with Crippen molar-refractivity contribution in [3.8, 4) is 5.88 Å². The summed E-state index contributed by atoms with van der Waals surface area (Å²) < 4.78 is 6.92. The highest BCUT2D eigenvalue weighted by Gasteiger charge is 2.37. The van der Waals surface area contributed by atoms with Crippen LogP contribution in [0.5, 0.6) is 5.88 Å². The van der Waals surface area contributed by atoms with Gasteiger partial charge in [-0.1, -0.05) is 24.6 Å². The monoisotopic (exact) mass is 415 g/mol. The molecule has 0 bridgehead atoms. The maximum absolute atomic E-state index is 13.1. The molecule has 2 aromatic heterocycles.